The molecule has 130 valence electrons. The van der Waals surface area contributed by atoms with Gasteiger partial charge in [-0.05, 0) is 42.5 Å². The Kier molecular flexibility index (Phi) is 7.44. The van der Waals surface area contributed by atoms with Crippen LogP contribution in [-0.2, 0) is 16.0 Å². The van der Waals surface area contributed by atoms with Crippen molar-refractivity contribution in [3.05, 3.63) is 71.8 Å². The molecule has 4 nitrogen and oxygen atoms in total. The molecule has 0 aliphatic carbocycles. The van der Waals surface area contributed by atoms with Gasteiger partial charge in [0.15, 0.2) is 0 Å². The quantitative estimate of drug-likeness (QED) is 0.706. The first kappa shape index (κ1) is 18.5. The second kappa shape index (κ2) is 10.1. The fraction of sp³-hybridized carbons (Fsp3) is 0.238. The van der Waals surface area contributed by atoms with E-state index >= 15 is 0 Å². The van der Waals surface area contributed by atoms with E-state index in [9.17, 15) is 9.59 Å². The molecule has 0 atom stereocenters. The highest BCUT2D eigenvalue weighted by molar-refractivity contribution is 5.90. The van der Waals surface area contributed by atoms with Crippen LogP contribution in [0.1, 0.15) is 36.8 Å². The Morgan fingerprint density at radius 2 is 1.68 bits per heavy atom. The molecule has 2 rings (SSSR count). The summed E-state index contributed by atoms with van der Waals surface area (Å²) in [5, 5.41) is 11.5. The van der Waals surface area contributed by atoms with E-state index in [-0.39, 0.29) is 12.3 Å². The molecule has 0 radical (unpaired) electrons. The average Bonchev–Trinajstić information content (AvgIpc) is 2.61. The van der Waals surface area contributed by atoms with Crippen LogP contribution >= 0.6 is 0 Å². The summed E-state index contributed by atoms with van der Waals surface area (Å²) < 4.78 is 0. The number of aryl methyl sites for hydroxylation is 1. The Labute approximate surface area is 148 Å². The van der Waals surface area contributed by atoms with Crippen molar-refractivity contribution in [2.45, 2.75) is 32.1 Å². The maximum Gasteiger partial charge on any atom is 0.303 e. The van der Waals surface area contributed by atoms with Gasteiger partial charge < -0.3 is 10.4 Å². The molecule has 0 fully saturated rings. The van der Waals surface area contributed by atoms with Gasteiger partial charge in [0, 0.05) is 18.5 Å². The van der Waals surface area contributed by atoms with Gasteiger partial charge in [-0.3, -0.25) is 9.59 Å². The van der Waals surface area contributed by atoms with Gasteiger partial charge in [-0.25, -0.2) is 0 Å². The molecule has 0 bridgehead atoms. The lowest BCUT2D eigenvalue weighted by Gasteiger charge is -2.06. The summed E-state index contributed by atoms with van der Waals surface area (Å²) in [6.45, 7) is 0. The lowest BCUT2D eigenvalue weighted by molar-refractivity contribution is -0.137. The Bertz CT molecular complexity index is 706. The van der Waals surface area contributed by atoms with Crippen molar-refractivity contribution in [1.29, 1.82) is 0 Å². The summed E-state index contributed by atoms with van der Waals surface area (Å²) in [7, 11) is 0. The number of rotatable bonds is 9. The highest BCUT2D eigenvalue weighted by Crippen LogP contribution is 2.12. The van der Waals surface area contributed by atoms with Crippen LogP contribution in [0.5, 0.6) is 0 Å². The number of carboxylic acids is 1. The number of carbonyl (C=O) groups excluding carboxylic acids is 1. The maximum absolute atomic E-state index is 11.9. The normalized spacial score (nSPS) is 10.7. The zero-order valence-corrected chi connectivity index (χ0v) is 14.2. The molecule has 4 heteroatoms. The molecule has 25 heavy (non-hydrogen) atoms. The maximum atomic E-state index is 11.9. The molecular weight excluding hydrogens is 314 g/mol. The van der Waals surface area contributed by atoms with Gasteiger partial charge in [0.1, 0.15) is 0 Å². The van der Waals surface area contributed by atoms with Crippen LogP contribution in [-0.4, -0.2) is 17.0 Å². The number of carboxylic acid groups (broad SMARTS) is 1. The molecule has 2 N–H and O–H groups in total. The molecule has 0 spiro atoms. The number of nitrogens with one attached hydrogen (secondary N) is 1. The van der Waals surface area contributed by atoms with Crippen molar-refractivity contribution in [1.82, 2.24) is 0 Å². The molecule has 1 amide bonds. The SMILES string of the molecule is O=C(O)CCCc1ccc(NC(=O)CCC=Cc2ccccc2)cc1. The van der Waals surface area contributed by atoms with Crippen LogP contribution in [0.2, 0.25) is 0 Å². The van der Waals surface area contributed by atoms with E-state index in [4.69, 9.17) is 5.11 Å². The summed E-state index contributed by atoms with van der Waals surface area (Å²) in [5.74, 6) is -0.790. The fourth-order valence-corrected chi connectivity index (χ4v) is 2.42. The average molecular weight is 337 g/mol. The Hall–Kier alpha value is -2.88. The summed E-state index contributed by atoms with van der Waals surface area (Å²) in [4.78, 5) is 22.4. The largest absolute Gasteiger partial charge is 0.481 e. The van der Waals surface area contributed by atoms with E-state index < -0.39 is 5.97 Å². The lowest BCUT2D eigenvalue weighted by atomic mass is 10.1. The van der Waals surface area contributed by atoms with Crippen LogP contribution in [0.4, 0.5) is 5.69 Å². The smallest absolute Gasteiger partial charge is 0.303 e. The van der Waals surface area contributed by atoms with Crippen LogP contribution in [0.15, 0.2) is 60.7 Å². The number of hydrogen-bond donors (Lipinski definition) is 2. The van der Waals surface area contributed by atoms with E-state index in [1.165, 1.54) is 0 Å². The topological polar surface area (TPSA) is 66.4 Å². The monoisotopic (exact) mass is 337 g/mol. The molecule has 0 saturated carbocycles. The third kappa shape index (κ3) is 7.48. The molecule has 2 aromatic carbocycles. The van der Waals surface area contributed by atoms with E-state index in [1.807, 2.05) is 66.7 Å². The molecule has 0 unspecified atom stereocenters. The van der Waals surface area contributed by atoms with E-state index in [2.05, 4.69) is 5.32 Å². The second-order valence-electron chi connectivity index (χ2n) is 5.84. The zero-order valence-electron chi connectivity index (χ0n) is 14.2. The number of hydrogen-bond acceptors (Lipinski definition) is 2. The first-order valence-electron chi connectivity index (χ1n) is 8.45. The van der Waals surface area contributed by atoms with E-state index in [0.717, 1.165) is 23.2 Å². The predicted molar refractivity (Wildman–Crippen MR) is 100 cm³/mol. The van der Waals surface area contributed by atoms with Crippen molar-refractivity contribution in [3.63, 3.8) is 0 Å². The predicted octanol–water partition coefficient (Wildman–Crippen LogP) is 4.53. The van der Waals surface area contributed by atoms with Crippen LogP contribution < -0.4 is 5.32 Å². The van der Waals surface area contributed by atoms with Gasteiger partial charge in [-0.2, -0.15) is 0 Å². The molecule has 0 heterocycles. The van der Waals surface area contributed by atoms with Gasteiger partial charge in [0.05, 0.1) is 0 Å². The van der Waals surface area contributed by atoms with Gasteiger partial charge in [0.2, 0.25) is 5.91 Å². The van der Waals surface area contributed by atoms with Crippen LogP contribution in [0, 0.1) is 0 Å². The standard InChI is InChI=1S/C21H23NO3/c23-20(11-5-4-9-17-7-2-1-3-8-17)22-19-15-13-18(14-16-19)10-6-12-21(24)25/h1-4,7-9,13-16H,5-6,10-12H2,(H,22,23)(H,24,25). The Balaban J connectivity index is 1.71. The minimum atomic E-state index is -0.773. The molecule has 0 aromatic heterocycles. The van der Waals surface area contributed by atoms with Crippen LogP contribution in [0.25, 0.3) is 6.08 Å². The first-order valence-corrected chi connectivity index (χ1v) is 8.45. The number of aliphatic carboxylic acids is 1. The highest BCUT2D eigenvalue weighted by Gasteiger charge is 2.02. The Morgan fingerprint density at radius 1 is 0.960 bits per heavy atom. The fourth-order valence-electron chi connectivity index (χ4n) is 2.42. The molecule has 0 aliphatic rings. The minimum Gasteiger partial charge on any atom is -0.481 e. The van der Waals surface area contributed by atoms with Crippen molar-refractivity contribution in [3.8, 4) is 0 Å². The van der Waals surface area contributed by atoms with Gasteiger partial charge in [-0.1, -0.05) is 54.6 Å². The number of benzene rings is 2. The van der Waals surface area contributed by atoms with Gasteiger partial charge >= 0.3 is 5.97 Å². The van der Waals surface area contributed by atoms with Crippen molar-refractivity contribution < 1.29 is 14.7 Å². The third-order valence-electron chi connectivity index (χ3n) is 3.74. The van der Waals surface area contributed by atoms with E-state index in [1.54, 1.807) is 0 Å². The van der Waals surface area contributed by atoms with Crippen molar-refractivity contribution in [2.24, 2.45) is 0 Å². The zero-order chi connectivity index (χ0) is 17.9. The van der Waals surface area contributed by atoms with Gasteiger partial charge in [-0.15, -0.1) is 0 Å². The number of anilines is 1. The second-order valence-corrected chi connectivity index (χ2v) is 5.84. The Morgan fingerprint density at radius 3 is 2.36 bits per heavy atom. The molecule has 2 aromatic rings. The lowest BCUT2D eigenvalue weighted by Crippen LogP contribution is -2.10. The first-order chi connectivity index (χ1) is 12.1. The molecular formula is C21H23NO3. The summed E-state index contributed by atoms with van der Waals surface area (Å²) in [6.07, 6.45) is 6.66. The third-order valence-corrected chi connectivity index (χ3v) is 3.74. The van der Waals surface area contributed by atoms with E-state index in [0.29, 0.717) is 19.3 Å². The summed E-state index contributed by atoms with van der Waals surface area (Å²) in [5.41, 5.74) is 2.96. The van der Waals surface area contributed by atoms with Crippen molar-refractivity contribution >= 4 is 23.6 Å². The highest BCUT2D eigenvalue weighted by atomic mass is 16.4. The van der Waals surface area contributed by atoms with Crippen molar-refractivity contribution in [2.75, 3.05) is 5.32 Å². The summed E-state index contributed by atoms with van der Waals surface area (Å²) >= 11 is 0. The summed E-state index contributed by atoms with van der Waals surface area (Å²) in [6, 6.07) is 17.5. The number of allylic oxidation sites excluding steroid dienone is 1. The molecule has 0 aliphatic heterocycles. The number of carbonyl (C=O) groups is 2. The molecule has 0 saturated heterocycles. The van der Waals surface area contributed by atoms with Crippen LogP contribution in [0.3, 0.4) is 0 Å². The van der Waals surface area contributed by atoms with Gasteiger partial charge in [0.25, 0.3) is 0 Å². The minimum absolute atomic E-state index is 0.0173. The number of amides is 1.